The Hall–Kier alpha value is -1.29. The number of carbonyl (C=O) groups excluding carboxylic acids is 2. The van der Waals surface area contributed by atoms with E-state index in [1.807, 2.05) is 18.2 Å². The Bertz CT molecular complexity index is 374. The molecule has 0 saturated carbocycles. The smallest absolute Gasteiger partial charge is 0.316 e. The van der Waals surface area contributed by atoms with Crippen molar-refractivity contribution < 1.29 is 14.3 Å². The van der Waals surface area contributed by atoms with E-state index in [9.17, 15) is 9.59 Å². The van der Waals surface area contributed by atoms with E-state index in [2.05, 4.69) is 0 Å². The Labute approximate surface area is 106 Å². The molecule has 0 bridgehead atoms. The molecule has 4 heteroatoms. The fraction of sp³-hybridized carbons (Fsp3) is 0.385. The molecular weight excluding hydrogens is 236 g/mol. The normalized spacial score (nSPS) is 10.3. The molecule has 3 nitrogen and oxygen atoms in total. The number of ketones is 1. The van der Waals surface area contributed by atoms with E-state index in [0.29, 0.717) is 11.3 Å². The minimum absolute atomic E-state index is 0.0351. The van der Waals surface area contributed by atoms with Gasteiger partial charge in [-0.05, 0) is 13.8 Å². The number of esters is 1. The first-order chi connectivity index (χ1) is 8.09. The number of benzene rings is 1. The molecule has 92 valence electrons. The lowest BCUT2D eigenvalue weighted by atomic mass is 10.2. The molecule has 0 saturated heterocycles. The van der Waals surface area contributed by atoms with Crippen LogP contribution in [0.25, 0.3) is 0 Å². The van der Waals surface area contributed by atoms with Crippen LogP contribution in [0.5, 0.6) is 0 Å². The summed E-state index contributed by atoms with van der Waals surface area (Å²) < 4.78 is 4.97. The van der Waals surface area contributed by atoms with Gasteiger partial charge in [-0.15, -0.1) is 11.8 Å². The summed E-state index contributed by atoms with van der Waals surface area (Å²) in [6, 6.07) is 9.06. The van der Waals surface area contributed by atoms with Crippen molar-refractivity contribution in [1.82, 2.24) is 0 Å². The number of carbonyl (C=O) groups is 2. The van der Waals surface area contributed by atoms with E-state index < -0.39 is 0 Å². The molecule has 0 amide bonds. The number of rotatable bonds is 6. The van der Waals surface area contributed by atoms with Crippen molar-refractivity contribution in [3.8, 4) is 0 Å². The highest BCUT2D eigenvalue weighted by molar-refractivity contribution is 8.00. The van der Waals surface area contributed by atoms with Crippen LogP contribution in [0, 0.1) is 0 Å². The zero-order valence-corrected chi connectivity index (χ0v) is 10.8. The van der Waals surface area contributed by atoms with Gasteiger partial charge in [0.15, 0.2) is 5.78 Å². The lowest BCUT2D eigenvalue weighted by Gasteiger charge is -2.07. The summed E-state index contributed by atoms with van der Waals surface area (Å²) in [6.07, 6.45) is -0.104. The van der Waals surface area contributed by atoms with Crippen LogP contribution >= 0.6 is 11.8 Å². The highest BCUT2D eigenvalue weighted by Gasteiger charge is 2.09. The molecule has 0 radical (unpaired) electrons. The molecule has 1 aromatic rings. The fourth-order valence-corrected chi connectivity index (χ4v) is 1.92. The van der Waals surface area contributed by atoms with Gasteiger partial charge in [0.25, 0.3) is 0 Å². The fourth-order valence-electron chi connectivity index (χ4n) is 1.23. The van der Waals surface area contributed by atoms with Crippen LogP contribution in [0.3, 0.4) is 0 Å². The quantitative estimate of drug-likeness (QED) is 0.576. The molecule has 0 N–H and O–H groups in total. The first-order valence-corrected chi connectivity index (χ1v) is 6.60. The first kappa shape index (κ1) is 13.8. The molecule has 0 heterocycles. The molecule has 0 atom stereocenters. The third-order valence-electron chi connectivity index (χ3n) is 1.92. The third kappa shape index (κ3) is 5.54. The number of hydrogen-bond acceptors (Lipinski definition) is 4. The van der Waals surface area contributed by atoms with Gasteiger partial charge in [0.1, 0.15) is 0 Å². The SMILES string of the molecule is CC(C)OC(=O)CSCC(=O)c1ccccc1. The highest BCUT2D eigenvalue weighted by Crippen LogP contribution is 2.08. The van der Waals surface area contributed by atoms with Crippen LogP contribution in [0.2, 0.25) is 0 Å². The third-order valence-corrected chi connectivity index (χ3v) is 2.82. The molecule has 0 fully saturated rings. The van der Waals surface area contributed by atoms with Crippen molar-refractivity contribution in [1.29, 1.82) is 0 Å². The van der Waals surface area contributed by atoms with Crippen LogP contribution in [0.4, 0.5) is 0 Å². The van der Waals surface area contributed by atoms with E-state index >= 15 is 0 Å². The van der Waals surface area contributed by atoms with Crippen LogP contribution in [-0.4, -0.2) is 29.4 Å². The van der Waals surface area contributed by atoms with Crippen LogP contribution < -0.4 is 0 Å². The first-order valence-electron chi connectivity index (χ1n) is 5.45. The summed E-state index contributed by atoms with van der Waals surface area (Å²) in [4.78, 5) is 22.9. The van der Waals surface area contributed by atoms with E-state index in [0.717, 1.165) is 0 Å². The van der Waals surface area contributed by atoms with Gasteiger partial charge in [-0.3, -0.25) is 9.59 Å². The minimum atomic E-state index is -0.272. The van der Waals surface area contributed by atoms with Gasteiger partial charge < -0.3 is 4.74 Å². The topological polar surface area (TPSA) is 43.4 Å². The lowest BCUT2D eigenvalue weighted by Crippen LogP contribution is -2.14. The Kier molecular flexibility index (Phi) is 5.77. The Morgan fingerprint density at radius 3 is 2.41 bits per heavy atom. The predicted octanol–water partition coefficient (Wildman–Crippen LogP) is 2.55. The van der Waals surface area contributed by atoms with Crippen molar-refractivity contribution in [2.75, 3.05) is 11.5 Å². The summed E-state index contributed by atoms with van der Waals surface area (Å²) >= 11 is 1.28. The van der Waals surface area contributed by atoms with E-state index in [1.54, 1.807) is 26.0 Å². The average Bonchev–Trinajstić information content (AvgIpc) is 2.29. The average molecular weight is 252 g/mol. The Balaban J connectivity index is 2.28. The monoisotopic (exact) mass is 252 g/mol. The number of thioether (sulfide) groups is 1. The Morgan fingerprint density at radius 1 is 1.18 bits per heavy atom. The Morgan fingerprint density at radius 2 is 1.82 bits per heavy atom. The maximum Gasteiger partial charge on any atom is 0.316 e. The van der Waals surface area contributed by atoms with E-state index in [4.69, 9.17) is 4.74 Å². The minimum Gasteiger partial charge on any atom is -0.462 e. The molecular formula is C13H16O3S. The molecule has 0 spiro atoms. The zero-order chi connectivity index (χ0) is 12.7. The predicted molar refractivity (Wildman–Crippen MR) is 69.3 cm³/mol. The molecule has 0 aliphatic carbocycles. The highest BCUT2D eigenvalue weighted by atomic mass is 32.2. The molecule has 17 heavy (non-hydrogen) atoms. The zero-order valence-electron chi connectivity index (χ0n) is 10.0. The summed E-state index contributed by atoms with van der Waals surface area (Å²) in [7, 11) is 0. The molecule has 0 aliphatic rings. The molecule has 0 unspecified atom stereocenters. The van der Waals surface area contributed by atoms with Crippen LogP contribution in [0.1, 0.15) is 24.2 Å². The number of Topliss-reactive ketones (excluding diaryl/α,β-unsaturated/α-hetero) is 1. The maximum atomic E-state index is 11.7. The second-order valence-electron chi connectivity index (χ2n) is 3.82. The summed E-state index contributed by atoms with van der Waals surface area (Å²) in [6.45, 7) is 3.61. The van der Waals surface area contributed by atoms with Gasteiger partial charge in [-0.1, -0.05) is 30.3 Å². The maximum absolute atomic E-state index is 11.7. The van der Waals surface area contributed by atoms with E-state index in [1.165, 1.54) is 11.8 Å². The van der Waals surface area contributed by atoms with Gasteiger partial charge >= 0.3 is 5.97 Å². The van der Waals surface area contributed by atoms with Crippen molar-refractivity contribution in [3.05, 3.63) is 35.9 Å². The van der Waals surface area contributed by atoms with Crippen LogP contribution in [0.15, 0.2) is 30.3 Å². The summed E-state index contributed by atoms with van der Waals surface area (Å²) in [5.41, 5.74) is 0.678. The second kappa shape index (κ2) is 7.12. The molecule has 0 aromatic heterocycles. The second-order valence-corrected chi connectivity index (χ2v) is 4.81. The molecule has 0 aliphatic heterocycles. The molecule has 1 aromatic carbocycles. The summed E-state index contributed by atoms with van der Waals surface area (Å²) in [5, 5.41) is 0. The van der Waals surface area contributed by atoms with Crippen molar-refractivity contribution >= 4 is 23.5 Å². The van der Waals surface area contributed by atoms with Crippen molar-refractivity contribution in [3.63, 3.8) is 0 Å². The van der Waals surface area contributed by atoms with Crippen molar-refractivity contribution in [2.45, 2.75) is 20.0 Å². The lowest BCUT2D eigenvalue weighted by molar-refractivity contribution is -0.144. The van der Waals surface area contributed by atoms with Crippen molar-refractivity contribution in [2.24, 2.45) is 0 Å². The van der Waals surface area contributed by atoms with E-state index in [-0.39, 0.29) is 23.6 Å². The van der Waals surface area contributed by atoms with Gasteiger partial charge in [-0.2, -0.15) is 0 Å². The summed E-state index contributed by atoms with van der Waals surface area (Å²) in [5.74, 6) is 0.285. The number of hydrogen-bond donors (Lipinski definition) is 0. The standard InChI is InChI=1S/C13H16O3S/c1-10(2)16-13(15)9-17-8-12(14)11-6-4-3-5-7-11/h3-7,10H,8-9H2,1-2H3. The number of ether oxygens (including phenoxy) is 1. The largest absolute Gasteiger partial charge is 0.462 e. The van der Waals surface area contributed by atoms with Gasteiger partial charge in [0.05, 0.1) is 17.6 Å². The van der Waals surface area contributed by atoms with Crippen LogP contribution in [-0.2, 0) is 9.53 Å². The van der Waals surface area contributed by atoms with Gasteiger partial charge in [0, 0.05) is 5.56 Å². The van der Waals surface area contributed by atoms with Gasteiger partial charge in [-0.25, -0.2) is 0 Å². The molecule has 1 rings (SSSR count). The van der Waals surface area contributed by atoms with Gasteiger partial charge in [0.2, 0.25) is 0 Å².